The largest absolute Gasteiger partial charge is 0.424 e. The van der Waals surface area contributed by atoms with Gasteiger partial charge in [-0.3, -0.25) is 0 Å². The van der Waals surface area contributed by atoms with E-state index in [9.17, 15) is 8.42 Å². The average Bonchev–Trinajstić information content (AvgIpc) is 3.12. The number of hydrogen-bond acceptors (Lipinski definition) is 6. The highest BCUT2D eigenvalue weighted by atomic mass is 32.2. The normalized spacial score (nSPS) is 11.8. The van der Waals surface area contributed by atoms with Crippen molar-refractivity contribution < 1.29 is 12.8 Å². The molecule has 3 rings (SSSR count). The van der Waals surface area contributed by atoms with E-state index in [-0.39, 0.29) is 6.54 Å². The first kappa shape index (κ1) is 14.1. The third-order valence-electron chi connectivity index (χ3n) is 2.75. The Morgan fingerprint density at radius 1 is 1.14 bits per heavy atom. The molecule has 6 nitrogen and oxygen atoms in total. The molecule has 0 aliphatic heterocycles. The number of hydrogen-bond donors (Lipinski definition) is 2. The Labute approximate surface area is 125 Å². The van der Waals surface area contributed by atoms with Gasteiger partial charge in [0.2, 0.25) is 10.0 Å². The summed E-state index contributed by atoms with van der Waals surface area (Å²) in [5, 5.41) is 4.68. The number of thiophene rings is 1. The van der Waals surface area contributed by atoms with E-state index in [0.717, 1.165) is 5.52 Å². The number of nitrogens with zero attached hydrogens (tertiary/aromatic N) is 1. The molecule has 110 valence electrons. The fraction of sp³-hybridized carbons (Fsp3) is 0.154. The Morgan fingerprint density at radius 3 is 2.76 bits per heavy atom. The highest BCUT2D eigenvalue weighted by molar-refractivity contribution is 7.91. The molecule has 2 heterocycles. The standard InChI is InChI=1S/C13H13N3O3S2/c17-21(18,12-6-3-9-20-12)15-8-7-14-13-16-10-4-1-2-5-11(10)19-13/h1-6,9,15H,7-8H2,(H,14,16). The van der Waals surface area contributed by atoms with Gasteiger partial charge < -0.3 is 9.73 Å². The van der Waals surface area contributed by atoms with Gasteiger partial charge in [0, 0.05) is 13.1 Å². The number of fused-ring (bicyclic) bond motifs is 1. The van der Waals surface area contributed by atoms with Crippen molar-refractivity contribution in [3.05, 3.63) is 41.8 Å². The van der Waals surface area contributed by atoms with Gasteiger partial charge in [-0.2, -0.15) is 4.98 Å². The second-order valence-corrected chi connectivity index (χ2v) is 7.18. The predicted molar refractivity (Wildman–Crippen MR) is 82.0 cm³/mol. The molecule has 2 aromatic heterocycles. The van der Waals surface area contributed by atoms with E-state index in [4.69, 9.17) is 4.42 Å². The van der Waals surface area contributed by atoms with Crippen molar-refractivity contribution in [3.8, 4) is 0 Å². The first-order valence-corrected chi connectivity index (χ1v) is 8.64. The summed E-state index contributed by atoms with van der Waals surface area (Å²) in [5.41, 5.74) is 1.46. The number of sulfonamides is 1. The van der Waals surface area contributed by atoms with E-state index in [0.29, 0.717) is 22.4 Å². The summed E-state index contributed by atoms with van der Waals surface area (Å²) in [6.07, 6.45) is 0. The zero-order valence-electron chi connectivity index (χ0n) is 10.9. The number of nitrogens with one attached hydrogen (secondary N) is 2. The van der Waals surface area contributed by atoms with Crippen molar-refractivity contribution in [1.29, 1.82) is 0 Å². The smallest absolute Gasteiger partial charge is 0.295 e. The first-order chi connectivity index (χ1) is 10.1. The highest BCUT2D eigenvalue weighted by Gasteiger charge is 2.14. The molecule has 0 fully saturated rings. The minimum absolute atomic E-state index is 0.249. The lowest BCUT2D eigenvalue weighted by atomic mass is 10.3. The molecule has 0 saturated heterocycles. The van der Waals surface area contributed by atoms with Gasteiger partial charge in [-0.1, -0.05) is 18.2 Å². The van der Waals surface area contributed by atoms with Gasteiger partial charge in [-0.25, -0.2) is 13.1 Å². The van der Waals surface area contributed by atoms with Crippen LogP contribution in [-0.2, 0) is 10.0 Å². The monoisotopic (exact) mass is 323 g/mol. The zero-order valence-corrected chi connectivity index (χ0v) is 12.6. The van der Waals surface area contributed by atoms with Gasteiger partial charge in [0.05, 0.1) is 0 Å². The lowest BCUT2D eigenvalue weighted by Crippen LogP contribution is -2.28. The van der Waals surface area contributed by atoms with E-state index in [1.165, 1.54) is 11.3 Å². The molecule has 21 heavy (non-hydrogen) atoms. The fourth-order valence-corrected chi connectivity index (χ4v) is 3.86. The number of benzene rings is 1. The average molecular weight is 323 g/mol. The minimum atomic E-state index is -3.42. The maximum absolute atomic E-state index is 11.9. The van der Waals surface area contributed by atoms with Gasteiger partial charge in [0.1, 0.15) is 9.73 Å². The second-order valence-electron chi connectivity index (χ2n) is 4.24. The van der Waals surface area contributed by atoms with Crippen LogP contribution in [0.4, 0.5) is 6.01 Å². The van der Waals surface area contributed by atoms with Crippen LogP contribution in [0.5, 0.6) is 0 Å². The fourth-order valence-electron chi connectivity index (χ4n) is 1.79. The highest BCUT2D eigenvalue weighted by Crippen LogP contribution is 2.18. The lowest BCUT2D eigenvalue weighted by Gasteiger charge is -2.04. The Morgan fingerprint density at radius 2 is 2.00 bits per heavy atom. The van der Waals surface area contributed by atoms with Crippen LogP contribution < -0.4 is 10.0 Å². The summed E-state index contributed by atoms with van der Waals surface area (Å²) in [4.78, 5) is 4.24. The summed E-state index contributed by atoms with van der Waals surface area (Å²) in [5.74, 6) is 0. The Hall–Kier alpha value is -1.90. The number of aromatic nitrogens is 1. The molecular weight excluding hydrogens is 310 g/mol. The van der Waals surface area contributed by atoms with Gasteiger partial charge in [-0.05, 0) is 23.6 Å². The van der Waals surface area contributed by atoms with Crippen molar-refractivity contribution in [3.63, 3.8) is 0 Å². The van der Waals surface area contributed by atoms with Crippen LogP contribution in [0.1, 0.15) is 0 Å². The molecule has 2 N–H and O–H groups in total. The van der Waals surface area contributed by atoms with Crippen LogP contribution in [0, 0.1) is 0 Å². The summed E-state index contributed by atoms with van der Waals surface area (Å²) in [7, 11) is -3.42. The lowest BCUT2D eigenvalue weighted by molar-refractivity contribution is 0.582. The molecular formula is C13H13N3O3S2. The van der Waals surface area contributed by atoms with E-state index >= 15 is 0 Å². The van der Waals surface area contributed by atoms with Gasteiger partial charge in [0.25, 0.3) is 6.01 Å². The minimum Gasteiger partial charge on any atom is -0.424 e. The van der Waals surface area contributed by atoms with Crippen LogP contribution in [0.3, 0.4) is 0 Å². The van der Waals surface area contributed by atoms with Crippen LogP contribution in [0.15, 0.2) is 50.4 Å². The molecule has 0 atom stereocenters. The van der Waals surface area contributed by atoms with E-state index in [1.54, 1.807) is 17.5 Å². The molecule has 0 aliphatic carbocycles. The van der Waals surface area contributed by atoms with Gasteiger partial charge in [-0.15, -0.1) is 11.3 Å². The number of oxazole rings is 1. The van der Waals surface area contributed by atoms with Gasteiger partial charge in [0.15, 0.2) is 5.58 Å². The third kappa shape index (κ3) is 3.23. The topological polar surface area (TPSA) is 84.2 Å². The Kier molecular flexibility index (Phi) is 3.91. The SMILES string of the molecule is O=S(=O)(NCCNc1nc2ccccc2o1)c1cccs1. The molecule has 0 amide bonds. The summed E-state index contributed by atoms with van der Waals surface area (Å²) >= 11 is 1.19. The third-order valence-corrected chi connectivity index (χ3v) is 5.61. The number of para-hydroxylation sites is 2. The summed E-state index contributed by atoms with van der Waals surface area (Å²) in [6.45, 7) is 0.635. The molecule has 0 bridgehead atoms. The van der Waals surface area contributed by atoms with E-state index < -0.39 is 10.0 Å². The second kappa shape index (κ2) is 5.84. The molecule has 0 spiro atoms. The summed E-state index contributed by atoms with van der Waals surface area (Å²) in [6, 6.07) is 11.1. The molecule has 0 radical (unpaired) electrons. The van der Waals surface area contributed by atoms with Crippen LogP contribution >= 0.6 is 11.3 Å². The van der Waals surface area contributed by atoms with E-state index in [2.05, 4.69) is 15.0 Å². The van der Waals surface area contributed by atoms with Crippen LogP contribution in [-0.4, -0.2) is 26.5 Å². The van der Waals surface area contributed by atoms with Crippen molar-refractivity contribution in [1.82, 2.24) is 9.71 Å². The predicted octanol–water partition coefficient (Wildman–Crippen LogP) is 2.28. The van der Waals surface area contributed by atoms with Crippen molar-refractivity contribution in [2.75, 3.05) is 18.4 Å². The van der Waals surface area contributed by atoms with Crippen LogP contribution in [0.25, 0.3) is 11.1 Å². The molecule has 1 aromatic carbocycles. The number of rotatable bonds is 6. The molecule has 8 heteroatoms. The Balaban J connectivity index is 1.54. The number of anilines is 1. The Bertz CT molecular complexity index is 792. The molecule has 0 saturated carbocycles. The summed E-state index contributed by atoms with van der Waals surface area (Å²) < 4.78 is 32.1. The maximum atomic E-state index is 11.9. The van der Waals surface area contributed by atoms with Crippen molar-refractivity contribution >= 4 is 38.5 Å². The molecule has 3 aromatic rings. The first-order valence-electron chi connectivity index (χ1n) is 6.28. The van der Waals surface area contributed by atoms with E-state index in [1.807, 2.05) is 24.3 Å². The quantitative estimate of drug-likeness (QED) is 0.680. The maximum Gasteiger partial charge on any atom is 0.295 e. The zero-order chi connectivity index (χ0) is 14.7. The van der Waals surface area contributed by atoms with Crippen molar-refractivity contribution in [2.45, 2.75) is 4.21 Å². The molecule has 0 unspecified atom stereocenters. The molecule has 0 aliphatic rings. The van der Waals surface area contributed by atoms with Crippen molar-refractivity contribution in [2.24, 2.45) is 0 Å². The van der Waals surface area contributed by atoms with Gasteiger partial charge >= 0.3 is 0 Å². The van der Waals surface area contributed by atoms with Crippen LogP contribution in [0.2, 0.25) is 0 Å².